The predicted octanol–water partition coefficient (Wildman–Crippen LogP) is 3.48. The van der Waals surface area contributed by atoms with Crippen molar-refractivity contribution in [1.82, 2.24) is 4.57 Å². The molecule has 1 heterocycles. The second-order valence-corrected chi connectivity index (χ2v) is 5.12. The van der Waals surface area contributed by atoms with E-state index in [1.54, 1.807) is 6.07 Å². The van der Waals surface area contributed by atoms with E-state index in [1.165, 1.54) is 47.2 Å². The molecule has 0 aliphatic heterocycles. The molecule has 1 N–H and O–H groups in total. The minimum absolute atomic E-state index is 0.202. The van der Waals surface area contributed by atoms with Gasteiger partial charge in [0.1, 0.15) is 11.4 Å². The average molecular weight is 318 g/mol. The molecule has 4 nitrogen and oxygen atoms in total. The fourth-order valence-electron chi connectivity index (χ4n) is 2.29. The van der Waals surface area contributed by atoms with Gasteiger partial charge in [-0.05, 0) is 36.4 Å². The molecule has 0 saturated carbocycles. The summed E-state index contributed by atoms with van der Waals surface area (Å²) in [6, 6.07) is 10.1. The van der Waals surface area contributed by atoms with Gasteiger partial charge in [-0.15, -0.1) is 0 Å². The maximum absolute atomic E-state index is 13.5. The summed E-state index contributed by atoms with van der Waals surface area (Å²) in [5.74, 6) is -1.81. The van der Waals surface area contributed by atoms with Crippen molar-refractivity contribution >= 4 is 28.5 Å². The van der Waals surface area contributed by atoms with Crippen LogP contribution in [0.15, 0.2) is 53.5 Å². The van der Waals surface area contributed by atoms with Crippen LogP contribution in [0.1, 0.15) is 10.4 Å². The molecule has 0 radical (unpaired) electrons. The summed E-state index contributed by atoms with van der Waals surface area (Å²) < 4.78 is 14.9. The number of rotatable bonds is 2. The summed E-state index contributed by atoms with van der Waals surface area (Å²) in [7, 11) is 0. The van der Waals surface area contributed by atoms with Crippen molar-refractivity contribution in [3.63, 3.8) is 0 Å². The van der Waals surface area contributed by atoms with Crippen molar-refractivity contribution < 1.29 is 14.3 Å². The van der Waals surface area contributed by atoms with Gasteiger partial charge in [0.25, 0.3) is 0 Å². The molecule has 0 saturated heterocycles. The third kappa shape index (κ3) is 2.35. The number of carboxylic acids is 1. The Bertz CT molecular complexity index is 965. The lowest BCUT2D eigenvalue weighted by Gasteiger charge is -2.12. The molecule has 3 rings (SSSR count). The molecule has 0 aliphatic rings. The monoisotopic (exact) mass is 317 g/mol. The van der Waals surface area contributed by atoms with E-state index in [0.29, 0.717) is 16.2 Å². The number of pyridine rings is 1. The van der Waals surface area contributed by atoms with Gasteiger partial charge in [0.05, 0.1) is 5.52 Å². The highest BCUT2D eigenvalue weighted by atomic mass is 35.5. The Labute approximate surface area is 129 Å². The number of fused-ring (bicyclic) bond motifs is 1. The van der Waals surface area contributed by atoms with Gasteiger partial charge >= 0.3 is 5.97 Å². The van der Waals surface area contributed by atoms with Crippen LogP contribution >= 0.6 is 11.6 Å². The van der Waals surface area contributed by atoms with Gasteiger partial charge < -0.3 is 9.67 Å². The molecule has 0 amide bonds. The molecule has 0 bridgehead atoms. The second kappa shape index (κ2) is 5.27. The lowest BCUT2D eigenvalue weighted by atomic mass is 10.1. The Hall–Kier alpha value is -2.66. The van der Waals surface area contributed by atoms with Gasteiger partial charge in [-0.25, -0.2) is 9.18 Å². The molecular weight excluding hydrogens is 309 g/mol. The lowest BCUT2D eigenvalue weighted by molar-refractivity contribution is 0.0695. The molecule has 2 aromatic carbocycles. The normalized spacial score (nSPS) is 10.8. The van der Waals surface area contributed by atoms with E-state index in [2.05, 4.69) is 0 Å². The van der Waals surface area contributed by atoms with Gasteiger partial charge in [-0.2, -0.15) is 0 Å². The van der Waals surface area contributed by atoms with Crippen molar-refractivity contribution in [2.75, 3.05) is 0 Å². The number of halogens is 2. The van der Waals surface area contributed by atoms with Crippen molar-refractivity contribution in [3.05, 3.63) is 75.3 Å². The molecule has 1 aromatic heterocycles. The fraction of sp³-hybridized carbons (Fsp3) is 0. The maximum atomic E-state index is 13.5. The van der Waals surface area contributed by atoms with Gasteiger partial charge in [-0.3, -0.25) is 4.79 Å². The van der Waals surface area contributed by atoms with Crippen molar-refractivity contribution in [2.24, 2.45) is 0 Å². The van der Waals surface area contributed by atoms with Crippen LogP contribution in [0.2, 0.25) is 5.02 Å². The average Bonchev–Trinajstić information content (AvgIpc) is 2.47. The van der Waals surface area contributed by atoms with Crippen molar-refractivity contribution in [2.45, 2.75) is 0 Å². The molecule has 3 aromatic rings. The van der Waals surface area contributed by atoms with Gasteiger partial charge in [0, 0.05) is 22.3 Å². The number of carbonyl (C=O) groups is 1. The van der Waals surface area contributed by atoms with E-state index in [4.69, 9.17) is 11.6 Å². The minimum atomic E-state index is -1.34. The minimum Gasteiger partial charge on any atom is -0.477 e. The SMILES string of the molecule is O=C(O)c1cn(-c2cccc(F)c2)c2cc(Cl)ccc2c1=O. The topological polar surface area (TPSA) is 59.3 Å². The number of carboxylic acid groups (broad SMARTS) is 1. The summed E-state index contributed by atoms with van der Waals surface area (Å²) in [6.45, 7) is 0. The zero-order valence-corrected chi connectivity index (χ0v) is 11.8. The second-order valence-electron chi connectivity index (χ2n) is 4.69. The third-order valence-electron chi connectivity index (χ3n) is 3.28. The zero-order chi connectivity index (χ0) is 15.9. The fourth-order valence-corrected chi connectivity index (χ4v) is 2.46. The first kappa shape index (κ1) is 14.3. The van der Waals surface area contributed by atoms with Crippen LogP contribution in [0.3, 0.4) is 0 Å². The molecule has 0 atom stereocenters. The Morgan fingerprint density at radius 2 is 1.95 bits per heavy atom. The van der Waals surface area contributed by atoms with Crippen LogP contribution in [-0.4, -0.2) is 15.6 Å². The summed E-state index contributed by atoms with van der Waals surface area (Å²) in [4.78, 5) is 23.5. The van der Waals surface area contributed by atoms with Crippen LogP contribution in [-0.2, 0) is 0 Å². The summed E-state index contributed by atoms with van der Waals surface area (Å²) >= 11 is 5.96. The first-order chi connectivity index (χ1) is 10.5. The summed E-state index contributed by atoms with van der Waals surface area (Å²) in [5, 5.41) is 9.78. The summed E-state index contributed by atoms with van der Waals surface area (Å²) in [6.07, 6.45) is 1.18. The highest BCUT2D eigenvalue weighted by molar-refractivity contribution is 6.31. The van der Waals surface area contributed by atoms with Crippen molar-refractivity contribution in [1.29, 1.82) is 0 Å². The van der Waals surface area contributed by atoms with Crippen LogP contribution in [0, 0.1) is 5.82 Å². The van der Waals surface area contributed by atoms with Crippen molar-refractivity contribution in [3.8, 4) is 5.69 Å². The number of hydrogen-bond acceptors (Lipinski definition) is 2. The van der Waals surface area contributed by atoms with Crippen LogP contribution in [0.25, 0.3) is 16.6 Å². The molecule has 0 aliphatic carbocycles. The van der Waals surface area contributed by atoms with Gasteiger partial charge in [0.2, 0.25) is 5.43 Å². The highest BCUT2D eigenvalue weighted by Gasteiger charge is 2.15. The van der Waals surface area contributed by atoms with E-state index >= 15 is 0 Å². The lowest BCUT2D eigenvalue weighted by Crippen LogP contribution is -2.18. The zero-order valence-electron chi connectivity index (χ0n) is 11.1. The van der Waals surface area contributed by atoms with Crippen LogP contribution in [0.5, 0.6) is 0 Å². The maximum Gasteiger partial charge on any atom is 0.341 e. The predicted molar refractivity (Wildman–Crippen MR) is 81.5 cm³/mol. The Balaban J connectivity index is 2.47. The summed E-state index contributed by atoms with van der Waals surface area (Å²) in [5.41, 5.74) is -0.186. The number of nitrogens with zero attached hydrogens (tertiary/aromatic N) is 1. The molecule has 0 unspecified atom stereocenters. The smallest absolute Gasteiger partial charge is 0.341 e. The number of aromatic carboxylic acids is 1. The Kier molecular flexibility index (Phi) is 3.42. The van der Waals surface area contributed by atoms with Crippen LogP contribution in [0.4, 0.5) is 4.39 Å². The van der Waals surface area contributed by atoms with Gasteiger partial charge in [0.15, 0.2) is 0 Å². The molecular formula is C16H9ClFNO3. The number of aromatic nitrogens is 1. The first-order valence-corrected chi connectivity index (χ1v) is 6.69. The Morgan fingerprint density at radius 1 is 1.18 bits per heavy atom. The van der Waals surface area contributed by atoms with E-state index in [0.717, 1.165) is 0 Å². The van der Waals surface area contributed by atoms with E-state index < -0.39 is 17.2 Å². The molecule has 0 spiro atoms. The third-order valence-corrected chi connectivity index (χ3v) is 3.52. The molecule has 0 fully saturated rings. The van der Waals surface area contributed by atoms with E-state index in [1.807, 2.05) is 0 Å². The number of benzene rings is 2. The number of hydrogen-bond donors (Lipinski definition) is 1. The molecule has 110 valence electrons. The molecule has 6 heteroatoms. The van der Waals surface area contributed by atoms with Crippen LogP contribution < -0.4 is 5.43 Å². The Morgan fingerprint density at radius 3 is 2.64 bits per heavy atom. The standard InChI is InChI=1S/C16H9ClFNO3/c17-9-4-5-12-14(6-9)19(8-13(15(12)20)16(21)22)11-3-1-2-10(18)7-11/h1-8H,(H,21,22). The highest BCUT2D eigenvalue weighted by Crippen LogP contribution is 2.22. The molecule has 22 heavy (non-hydrogen) atoms. The van der Waals surface area contributed by atoms with E-state index in [9.17, 15) is 19.1 Å². The first-order valence-electron chi connectivity index (χ1n) is 6.31. The van der Waals surface area contributed by atoms with Gasteiger partial charge in [-0.1, -0.05) is 17.7 Å². The largest absolute Gasteiger partial charge is 0.477 e. The quantitative estimate of drug-likeness (QED) is 0.787. The van der Waals surface area contributed by atoms with E-state index in [-0.39, 0.29) is 10.9 Å².